The van der Waals surface area contributed by atoms with Crippen molar-refractivity contribution < 1.29 is 9.66 Å². The molecule has 0 fully saturated rings. The predicted octanol–water partition coefficient (Wildman–Crippen LogP) is 6.67. The van der Waals surface area contributed by atoms with Crippen LogP contribution >= 0.6 is 46.6 Å². The molecule has 0 saturated carbocycles. The van der Waals surface area contributed by atoms with E-state index in [0.717, 1.165) is 4.90 Å². The van der Waals surface area contributed by atoms with Crippen molar-refractivity contribution in [3.05, 3.63) is 62.1 Å². The van der Waals surface area contributed by atoms with Crippen molar-refractivity contribution in [2.45, 2.75) is 4.90 Å². The minimum atomic E-state index is -0.530. The van der Waals surface area contributed by atoms with E-state index in [4.69, 9.17) is 39.5 Å². The first-order chi connectivity index (χ1) is 11.9. The summed E-state index contributed by atoms with van der Waals surface area (Å²) < 4.78 is 5.73. The quantitative estimate of drug-likeness (QED) is 0.235. The fourth-order valence-corrected chi connectivity index (χ4v) is 3.39. The molecule has 5 nitrogen and oxygen atoms in total. The van der Waals surface area contributed by atoms with E-state index >= 15 is 0 Å². The summed E-state index contributed by atoms with van der Waals surface area (Å²) in [6.45, 7) is 3.87. The van der Waals surface area contributed by atoms with Gasteiger partial charge in [0.15, 0.2) is 0 Å². The largest absolute Gasteiger partial charge is 0.454 e. The van der Waals surface area contributed by atoms with E-state index in [0.29, 0.717) is 22.3 Å². The van der Waals surface area contributed by atoms with Crippen LogP contribution in [0.5, 0.6) is 11.5 Å². The van der Waals surface area contributed by atoms with Crippen molar-refractivity contribution in [1.29, 1.82) is 0 Å². The van der Waals surface area contributed by atoms with Crippen LogP contribution in [0.2, 0.25) is 15.1 Å². The molecular weight excluding hydrogens is 407 g/mol. The number of ether oxygens (including phenoxy) is 1. The highest BCUT2D eigenvalue weighted by molar-refractivity contribution is 7.98. The third-order valence-corrected chi connectivity index (χ3v) is 5.00. The molecule has 132 valence electrons. The SMILES string of the molecule is C=CCNc1c([N+](=O)[O-])ccc(Oc2cc(Cl)c(SC)cc2Cl)c1Cl. The van der Waals surface area contributed by atoms with Crippen LogP contribution in [0.25, 0.3) is 0 Å². The van der Waals surface area contributed by atoms with Crippen LogP contribution in [-0.4, -0.2) is 17.7 Å². The summed E-state index contributed by atoms with van der Waals surface area (Å²) in [6, 6.07) is 5.97. The first-order valence-corrected chi connectivity index (χ1v) is 9.27. The standard InChI is InChI=1S/C16H13Cl3N2O3S/c1-3-6-20-16-11(21(22)23)4-5-12(15(16)19)24-13-7-10(18)14(25-2)8-9(13)17/h3-5,7-8,20H,1,6H2,2H3. The second kappa shape index (κ2) is 8.67. The van der Waals surface area contributed by atoms with E-state index < -0.39 is 4.92 Å². The van der Waals surface area contributed by atoms with Crippen molar-refractivity contribution in [3.63, 3.8) is 0 Å². The molecule has 0 bridgehead atoms. The fraction of sp³-hybridized carbons (Fsp3) is 0.125. The molecule has 2 rings (SSSR count). The summed E-state index contributed by atoms with van der Waals surface area (Å²) in [5.74, 6) is 0.517. The Morgan fingerprint density at radius 1 is 1.28 bits per heavy atom. The number of thioether (sulfide) groups is 1. The molecule has 0 aromatic heterocycles. The number of benzene rings is 2. The molecule has 0 aliphatic rings. The molecule has 9 heteroatoms. The zero-order valence-corrected chi connectivity index (χ0v) is 16.1. The zero-order valence-electron chi connectivity index (χ0n) is 13.0. The molecule has 1 N–H and O–H groups in total. The van der Waals surface area contributed by atoms with E-state index in [1.54, 1.807) is 18.2 Å². The Hall–Kier alpha value is -1.60. The molecule has 0 aliphatic heterocycles. The predicted molar refractivity (Wildman–Crippen MR) is 105 cm³/mol. The summed E-state index contributed by atoms with van der Waals surface area (Å²) >= 11 is 20.1. The topological polar surface area (TPSA) is 64.4 Å². The molecule has 0 spiro atoms. The summed E-state index contributed by atoms with van der Waals surface area (Å²) in [5.41, 5.74) is -0.0203. The van der Waals surface area contributed by atoms with Gasteiger partial charge in [-0.1, -0.05) is 40.9 Å². The van der Waals surface area contributed by atoms with Gasteiger partial charge in [-0.3, -0.25) is 10.1 Å². The van der Waals surface area contributed by atoms with Crippen LogP contribution in [0.4, 0.5) is 11.4 Å². The van der Waals surface area contributed by atoms with Gasteiger partial charge in [0.2, 0.25) is 0 Å². The molecule has 0 unspecified atom stereocenters. The monoisotopic (exact) mass is 418 g/mol. The lowest BCUT2D eigenvalue weighted by Gasteiger charge is -2.14. The van der Waals surface area contributed by atoms with Crippen molar-refractivity contribution in [2.24, 2.45) is 0 Å². The number of hydrogen-bond donors (Lipinski definition) is 1. The zero-order chi connectivity index (χ0) is 18.6. The van der Waals surface area contributed by atoms with Crippen LogP contribution in [-0.2, 0) is 0 Å². The van der Waals surface area contributed by atoms with Crippen molar-refractivity contribution in [3.8, 4) is 11.5 Å². The van der Waals surface area contributed by atoms with E-state index in [1.807, 2.05) is 6.26 Å². The van der Waals surface area contributed by atoms with E-state index in [9.17, 15) is 10.1 Å². The lowest BCUT2D eigenvalue weighted by atomic mass is 10.2. The molecule has 0 radical (unpaired) electrons. The number of halogens is 3. The molecule has 0 saturated heterocycles. The van der Waals surface area contributed by atoms with Gasteiger partial charge in [0, 0.05) is 23.6 Å². The summed E-state index contributed by atoms with van der Waals surface area (Å²) in [7, 11) is 0. The van der Waals surface area contributed by atoms with Gasteiger partial charge in [-0.15, -0.1) is 18.3 Å². The minimum Gasteiger partial charge on any atom is -0.454 e. The molecule has 2 aromatic rings. The maximum Gasteiger partial charge on any atom is 0.294 e. The summed E-state index contributed by atoms with van der Waals surface area (Å²) in [5, 5.41) is 14.9. The molecule has 0 aliphatic carbocycles. The third kappa shape index (κ3) is 4.52. The Balaban J connectivity index is 2.45. The van der Waals surface area contributed by atoms with Gasteiger partial charge in [-0.25, -0.2) is 0 Å². The van der Waals surface area contributed by atoms with Crippen LogP contribution in [0.15, 0.2) is 41.8 Å². The highest BCUT2D eigenvalue weighted by Gasteiger charge is 2.21. The number of nitrogens with one attached hydrogen (secondary N) is 1. The van der Waals surface area contributed by atoms with Crippen LogP contribution in [0.3, 0.4) is 0 Å². The van der Waals surface area contributed by atoms with Crippen LogP contribution in [0, 0.1) is 10.1 Å². The molecular formula is C16H13Cl3N2O3S. The van der Waals surface area contributed by atoms with Crippen LogP contribution in [0.1, 0.15) is 0 Å². The van der Waals surface area contributed by atoms with Crippen molar-refractivity contribution in [2.75, 3.05) is 18.1 Å². The van der Waals surface area contributed by atoms with Gasteiger partial charge in [-0.05, 0) is 18.4 Å². The Bertz CT molecular complexity index is 831. The maximum atomic E-state index is 11.2. The molecule has 0 heterocycles. The summed E-state index contributed by atoms with van der Waals surface area (Å²) in [6.07, 6.45) is 3.44. The first-order valence-electron chi connectivity index (χ1n) is 6.91. The second-order valence-electron chi connectivity index (χ2n) is 4.72. The molecule has 25 heavy (non-hydrogen) atoms. The normalized spacial score (nSPS) is 10.4. The number of nitro benzene ring substituents is 1. The lowest BCUT2D eigenvalue weighted by Crippen LogP contribution is -2.03. The average Bonchev–Trinajstić information content (AvgIpc) is 2.57. The maximum absolute atomic E-state index is 11.2. The van der Waals surface area contributed by atoms with E-state index in [1.165, 1.54) is 23.9 Å². The first kappa shape index (κ1) is 19.7. The summed E-state index contributed by atoms with van der Waals surface area (Å²) in [4.78, 5) is 11.5. The highest BCUT2D eigenvalue weighted by atomic mass is 35.5. The van der Waals surface area contributed by atoms with Crippen molar-refractivity contribution >= 4 is 57.9 Å². The Labute approximate surface area is 164 Å². The second-order valence-corrected chi connectivity index (χ2v) is 6.76. The van der Waals surface area contributed by atoms with Gasteiger partial charge < -0.3 is 10.1 Å². The Morgan fingerprint density at radius 3 is 2.60 bits per heavy atom. The highest BCUT2D eigenvalue weighted by Crippen LogP contribution is 2.43. The average molecular weight is 420 g/mol. The number of nitro groups is 1. The number of rotatable bonds is 7. The van der Waals surface area contributed by atoms with Gasteiger partial charge >= 0.3 is 0 Å². The number of hydrogen-bond acceptors (Lipinski definition) is 5. The molecule has 0 atom stereocenters. The smallest absolute Gasteiger partial charge is 0.294 e. The van der Waals surface area contributed by atoms with Crippen LogP contribution < -0.4 is 10.1 Å². The number of anilines is 1. The number of nitrogens with zero attached hydrogens (tertiary/aromatic N) is 1. The molecule has 2 aromatic carbocycles. The fourth-order valence-electron chi connectivity index (χ4n) is 1.98. The Morgan fingerprint density at radius 2 is 2.00 bits per heavy atom. The molecule has 0 amide bonds. The minimum absolute atomic E-state index is 0.0668. The lowest BCUT2D eigenvalue weighted by molar-refractivity contribution is -0.384. The van der Waals surface area contributed by atoms with Gasteiger partial charge in [0.25, 0.3) is 5.69 Å². The van der Waals surface area contributed by atoms with E-state index in [2.05, 4.69) is 11.9 Å². The van der Waals surface area contributed by atoms with E-state index in [-0.39, 0.29) is 22.1 Å². The van der Waals surface area contributed by atoms with Gasteiger partial charge in [0.05, 0.1) is 15.0 Å². The van der Waals surface area contributed by atoms with Crippen molar-refractivity contribution in [1.82, 2.24) is 0 Å². The third-order valence-electron chi connectivity index (χ3n) is 3.13. The van der Waals surface area contributed by atoms with Gasteiger partial charge in [0.1, 0.15) is 22.2 Å². The Kier molecular flexibility index (Phi) is 6.84. The van der Waals surface area contributed by atoms with Gasteiger partial charge in [-0.2, -0.15) is 0 Å².